The highest BCUT2D eigenvalue weighted by Crippen LogP contribution is 2.36. The van der Waals surface area contributed by atoms with Gasteiger partial charge in [0.25, 0.3) is 0 Å². The maximum atomic E-state index is 9.94. The van der Waals surface area contributed by atoms with Crippen molar-refractivity contribution in [2.45, 2.75) is 38.3 Å². The molecule has 23 heavy (non-hydrogen) atoms. The molecule has 2 saturated heterocycles. The number of nitrogens with one attached hydrogen (secondary N) is 1. The molecule has 1 aromatic rings. The molecule has 2 aliphatic rings. The Labute approximate surface area is 139 Å². The summed E-state index contributed by atoms with van der Waals surface area (Å²) in [6, 6.07) is 10.8. The van der Waals surface area contributed by atoms with Crippen LogP contribution >= 0.6 is 0 Å². The zero-order valence-corrected chi connectivity index (χ0v) is 14.0. The number of piperidine rings is 2. The predicted octanol–water partition coefficient (Wildman–Crippen LogP) is 2.03. The minimum absolute atomic E-state index is 0.0847. The molecule has 2 N–H and O–H groups in total. The van der Waals surface area contributed by atoms with Crippen LogP contribution in [0.15, 0.2) is 30.3 Å². The van der Waals surface area contributed by atoms with Gasteiger partial charge in [-0.05, 0) is 44.3 Å². The van der Waals surface area contributed by atoms with Crippen molar-refractivity contribution in [3.63, 3.8) is 0 Å². The number of hydrogen-bond acceptors (Lipinski definition) is 4. The summed E-state index contributed by atoms with van der Waals surface area (Å²) in [4.78, 5) is 2.52. The summed E-state index contributed by atoms with van der Waals surface area (Å²) in [7, 11) is 0. The van der Waals surface area contributed by atoms with Crippen LogP contribution in [0.5, 0.6) is 0 Å². The Bertz CT molecular complexity index is 468. The van der Waals surface area contributed by atoms with Gasteiger partial charge in [-0.15, -0.1) is 0 Å². The SMILES string of the molecule is OC[C@]12CCCN[C@@H]1CCN(CCCOCc1ccccc1)C2. The van der Waals surface area contributed by atoms with Crippen LogP contribution in [-0.2, 0) is 11.3 Å². The smallest absolute Gasteiger partial charge is 0.0716 e. The molecule has 2 heterocycles. The summed E-state index contributed by atoms with van der Waals surface area (Å²) >= 11 is 0. The number of fused-ring (bicyclic) bond motifs is 1. The monoisotopic (exact) mass is 318 g/mol. The van der Waals surface area contributed by atoms with Crippen LogP contribution in [0.25, 0.3) is 0 Å². The van der Waals surface area contributed by atoms with Crippen LogP contribution in [-0.4, -0.2) is 55.4 Å². The Balaban J connectivity index is 1.37. The lowest BCUT2D eigenvalue weighted by Crippen LogP contribution is -2.61. The lowest BCUT2D eigenvalue weighted by Gasteiger charge is -2.50. The molecule has 0 radical (unpaired) electrons. The maximum Gasteiger partial charge on any atom is 0.0716 e. The second-order valence-corrected chi connectivity index (χ2v) is 7.09. The normalized spacial score (nSPS) is 28.5. The fourth-order valence-electron chi connectivity index (χ4n) is 4.13. The van der Waals surface area contributed by atoms with Gasteiger partial charge in [0.2, 0.25) is 0 Å². The van der Waals surface area contributed by atoms with Crippen molar-refractivity contribution in [3.8, 4) is 0 Å². The minimum atomic E-state index is 0.0847. The second-order valence-electron chi connectivity index (χ2n) is 7.09. The van der Waals surface area contributed by atoms with Crippen LogP contribution in [0.4, 0.5) is 0 Å². The standard InChI is InChI=1S/C19H30N2O2/c22-16-19-9-4-10-20-18(19)8-12-21(15-19)11-5-13-23-14-17-6-2-1-3-7-17/h1-3,6-7,18,20,22H,4-5,8-16H2/t18-,19-/m1/s1. The molecule has 3 rings (SSSR count). The second kappa shape index (κ2) is 8.25. The first kappa shape index (κ1) is 16.9. The largest absolute Gasteiger partial charge is 0.396 e. The Morgan fingerprint density at radius 1 is 1.30 bits per heavy atom. The summed E-state index contributed by atoms with van der Waals surface area (Å²) in [6.07, 6.45) is 4.56. The number of nitrogens with zero attached hydrogens (tertiary/aromatic N) is 1. The quantitative estimate of drug-likeness (QED) is 0.755. The van der Waals surface area contributed by atoms with Gasteiger partial charge in [-0.3, -0.25) is 0 Å². The van der Waals surface area contributed by atoms with Gasteiger partial charge < -0.3 is 20.1 Å². The zero-order valence-electron chi connectivity index (χ0n) is 14.0. The average Bonchev–Trinajstić information content (AvgIpc) is 2.62. The van der Waals surface area contributed by atoms with Crippen LogP contribution in [0.3, 0.4) is 0 Å². The van der Waals surface area contributed by atoms with Crippen LogP contribution < -0.4 is 5.32 Å². The highest BCUT2D eigenvalue weighted by Gasteiger charge is 2.44. The molecule has 0 saturated carbocycles. The first-order chi connectivity index (χ1) is 11.3. The molecule has 1 aromatic carbocycles. The third-order valence-corrected chi connectivity index (χ3v) is 5.44. The van der Waals surface area contributed by atoms with E-state index in [9.17, 15) is 5.11 Å². The topological polar surface area (TPSA) is 44.7 Å². The number of ether oxygens (including phenoxy) is 1. The van der Waals surface area contributed by atoms with Gasteiger partial charge in [-0.25, -0.2) is 0 Å². The number of likely N-dealkylation sites (tertiary alicyclic amines) is 1. The molecule has 2 atom stereocenters. The van der Waals surface area contributed by atoms with Crippen LogP contribution in [0.1, 0.15) is 31.2 Å². The maximum absolute atomic E-state index is 9.94. The lowest BCUT2D eigenvalue weighted by molar-refractivity contribution is -0.0221. The minimum Gasteiger partial charge on any atom is -0.396 e. The van der Waals surface area contributed by atoms with Gasteiger partial charge in [0, 0.05) is 31.2 Å². The van der Waals surface area contributed by atoms with E-state index in [2.05, 4.69) is 34.5 Å². The highest BCUT2D eigenvalue weighted by molar-refractivity contribution is 5.13. The van der Waals surface area contributed by atoms with Crippen molar-refractivity contribution in [3.05, 3.63) is 35.9 Å². The Morgan fingerprint density at radius 2 is 2.17 bits per heavy atom. The third-order valence-electron chi connectivity index (χ3n) is 5.44. The van der Waals surface area contributed by atoms with Gasteiger partial charge in [-0.1, -0.05) is 30.3 Å². The van der Waals surface area contributed by atoms with Crippen LogP contribution in [0.2, 0.25) is 0 Å². The van der Waals surface area contributed by atoms with Gasteiger partial charge >= 0.3 is 0 Å². The number of benzene rings is 1. The summed E-state index contributed by atoms with van der Waals surface area (Å²) in [5.41, 5.74) is 1.32. The van der Waals surface area contributed by atoms with Gasteiger partial charge in [0.05, 0.1) is 13.2 Å². The fraction of sp³-hybridized carbons (Fsp3) is 0.684. The Hall–Kier alpha value is -0.940. The lowest BCUT2D eigenvalue weighted by atomic mass is 9.71. The van der Waals surface area contributed by atoms with Gasteiger partial charge in [-0.2, -0.15) is 0 Å². The number of aliphatic hydroxyl groups excluding tert-OH is 1. The average molecular weight is 318 g/mol. The van der Waals surface area contributed by atoms with E-state index in [4.69, 9.17) is 4.74 Å². The van der Waals surface area contributed by atoms with E-state index < -0.39 is 0 Å². The van der Waals surface area contributed by atoms with Crippen LogP contribution in [0, 0.1) is 5.41 Å². The van der Waals surface area contributed by atoms with Crippen molar-refractivity contribution >= 4 is 0 Å². The Morgan fingerprint density at radius 3 is 3.00 bits per heavy atom. The highest BCUT2D eigenvalue weighted by atomic mass is 16.5. The molecule has 0 aromatic heterocycles. The number of hydrogen-bond donors (Lipinski definition) is 2. The molecular weight excluding hydrogens is 288 g/mol. The molecule has 4 nitrogen and oxygen atoms in total. The van der Waals surface area contributed by atoms with E-state index in [-0.39, 0.29) is 5.41 Å². The summed E-state index contributed by atoms with van der Waals surface area (Å²) in [5.74, 6) is 0. The summed E-state index contributed by atoms with van der Waals surface area (Å²) in [6.45, 7) is 6.17. The molecule has 0 unspecified atom stereocenters. The van der Waals surface area contributed by atoms with E-state index in [1.165, 1.54) is 12.0 Å². The van der Waals surface area contributed by atoms with Gasteiger partial charge in [0.1, 0.15) is 0 Å². The van der Waals surface area contributed by atoms with E-state index in [0.29, 0.717) is 19.3 Å². The number of rotatable bonds is 7. The van der Waals surface area contributed by atoms with Crippen molar-refractivity contribution in [2.75, 3.05) is 39.4 Å². The summed E-state index contributed by atoms with van der Waals surface area (Å²) in [5, 5.41) is 13.6. The van der Waals surface area contributed by atoms with Crippen molar-refractivity contribution in [1.82, 2.24) is 10.2 Å². The molecule has 2 aliphatic heterocycles. The van der Waals surface area contributed by atoms with Crippen molar-refractivity contribution < 1.29 is 9.84 Å². The molecule has 0 amide bonds. The number of aliphatic hydroxyl groups is 1. The fourth-order valence-corrected chi connectivity index (χ4v) is 4.13. The molecule has 128 valence electrons. The van der Waals surface area contributed by atoms with E-state index in [1.54, 1.807) is 0 Å². The van der Waals surface area contributed by atoms with Crippen molar-refractivity contribution in [2.24, 2.45) is 5.41 Å². The summed E-state index contributed by atoms with van der Waals surface area (Å²) < 4.78 is 5.78. The predicted molar refractivity (Wildman–Crippen MR) is 92.3 cm³/mol. The van der Waals surface area contributed by atoms with E-state index in [1.807, 2.05) is 6.07 Å². The molecule has 2 fully saturated rings. The molecular formula is C19H30N2O2. The van der Waals surface area contributed by atoms with E-state index in [0.717, 1.165) is 52.0 Å². The van der Waals surface area contributed by atoms with Crippen molar-refractivity contribution in [1.29, 1.82) is 0 Å². The van der Waals surface area contributed by atoms with E-state index >= 15 is 0 Å². The molecule has 0 aliphatic carbocycles. The molecule has 4 heteroatoms. The zero-order chi connectivity index (χ0) is 16.0. The molecule has 0 spiro atoms. The third kappa shape index (κ3) is 4.32. The first-order valence-corrected chi connectivity index (χ1v) is 9.01. The van der Waals surface area contributed by atoms with Gasteiger partial charge in [0.15, 0.2) is 0 Å². The first-order valence-electron chi connectivity index (χ1n) is 9.01. The molecule has 0 bridgehead atoms. The Kier molecular flexibility index (Phi) is 6.06.